The second-order valence-corrected chi connectivity index (χ2v) is 4.99. The molecule has 0 fully saturated rings. The third kappa shape index (κ3) is 3.23. The van der Waals surface area contributed by atoms with Crippen LogP contribution in [0.15, 0.2) is 48.5 Å². The molecule has 3 rings (SSSR count). The Morgan fingerprint density at radius 3 is 2.61 bits per heavy atom. The summed E-state index contributed by atoms with van der Waals surface area (Å²) in [7, 11) is 1.31. The molecule has 1 N–H and O–H groups in total. The topological polar surface area (TPSA) is 64.6 Å². The van der Waals surface area contributed by atoms with Gasteiger partial charge in [0.25, 0.3) is 5.91 Å². The quantitative estimate of drug-likeness (QED) is 0.696. The number of benzene rings is 2. The van der Waals surface area contributed by atoms with Gasteiger partial charge in [-0.2, -0.15) is 0 Å². The lowest BCUT2D eigenvalue weighted by molar-refractivity contribution is -0.142. The Labute approximate surface area is 133 Å². The number of carbonyl (C=O) groups is 2. The second kappa shape index (κ2) is 6.36. The van der Waals surface area contributed by atoms with E-state index in [1.165, 1.54) is 7.11 Å². The van der Waals surface area contributed by atoms with Crippen molar-refractivity contribution in [2.75, 3.05) is 19.0 Å². The van der Waals surface area contributed by atoms with Gasteiger partial charge in [-0.3, -0.25) is 4.79 Å². The molecule has 5 nitrogen and oxygen atoms in total. The maximum absolute atomic E-state index is 12.1. The summed E-state index contributed by atoms with van der Waals surface area (Å²) >= 11 is 0. The molecule has 0 atom stereocenters. The van der Waals surface area contributed by atoms with Crippen LogP contribution in [0.3, 0.4) is 0 Å². The van der Waals surface area contributed by atoms with Gasteiger partial charge in [0.05, 0.1) is 7.11 Å². The highest BCUT2D eigenvalue weighted by atomic mass is 16.6. The Morgan fingerprint density at radius 2 is 1.87 bits per heavy atom. The summed E-state index contributed by atoms with van der Waals surface area (Å²) in [6, 6.07) is 14.7. The summed E-state index contributed by atoms with van der Waals surface area (Å²) in [6.45, 7) is -0.132. The van der Waals surface area contributed by atoms with E-state index in [2.05, 4.69) is 10.1 Å². The van der Waals surface area contributed by atoms with Gasteiger partial charge in [0.2, 0.25) is 0 Å². The number of ether oxygens (including phenoxy) is 2. The number of esters is 1. The Morgan fingerprint density at radius 1 is 1.13 bits per heavy atom. The summed E-state index contributed by atoms with van der Waals surface area (Å²) in [5.74, 6) is 0.0152. The number of methoxy groups -OCH3 is 1. The van der Waals surface area contributed by atoms with Gasteiger partial charge >= 0.3 is 5.97 Å². The minimum Gasteiger partial charge on any atom is -0.482 e. The lowest BCUT2D eigenvalue weighted by atomic mass is 10.0. The van der Waals surface area contributed by atoms with E-state index in [9.17, 15) is 9.59 Å². The number of amides is 1. The Hall–Kier alpha value is -3.08. The van der Waals surface area contributed by atoms with Crippen molar-refractivity contribution in [1.82, 2.24) is 0 Å². The zero-order valence-corrected chi connectivity index (χ0v) is 12.5. The van der Waals surface area contributed by atoms with Gasteiger partial charge in [0, 0.05) is 16.8 Å². The monoisotopic (exact) mass is 309 g/mol. The van der Waals surface area contributed by atoms with E-state index in [1.807, 2.05) is 42.5 Å². The molecule has 0 spiro atoms. The van der Waals surface area contributed by atoms with Gasteiger partial charge in [-0.1, -0.05) is 30.3 Å². The molecule has 0 bridgehead atoms. The molecule has 0 saturated carbocycles. The molecule has 23 heavy (non-hydrogen) atoms. The smallest absolute Gasteiger partial charge is 0.343 e. The van der Waals surface area contributed by atoms with E-state index in [0.717, 1.165) is 16.8 Å². The van der Waals surface area contributed by atoms with E-state index in [0.29, 0.717) is 11.3 Å². The Bertz CT molecular complexity index is 778. The lowest BCUT2D eigenvalue weighted by Crippen LogP contribution is -2.12. The number of carbonyl (C=O) groups excluding carboxylic acids is 2. The molecule has 1 amide bonds. The first-order valence-corrected chi connectivity index (χ1v) is 7.09. The molecule has 5 heteroatoms. The fourth-order valence-electron chi connectivity index (χ4n) is 2.31. The van der Waals surface area contributed by atoms with Crippen LogP contribution in [0.25, 0.3) is 11.6 Å². The molecule has 1 heterocycles. The molecule has 0 aromatic heterocycles. The summed E-state index contributed by atoms with van der Waals surface area (Å²) in [4.78, 5) is 23.1. The molecular formula is C18H15NO4. The van der Waals surface area contributed by atoms with Gasteiger partial charge < -0.3 is 14.8 Å². The van der Waals surface area contributed by atoms with Gasteiger partial charge in [-0.15, -0.1) is 0 Å². The van der Waals surface area contributed by atoms with Crippen LogP contribution in [0, 0.1) is 0 Å². The number of hydrogen-bond acceptors (Lipinski definition) is 4. The predicted octanol–water partition coefficient (Wildman–Crippen LogP) is 2.73. The van der Waals surface area contributed by atoms with Crippen molar-refractivity contribution in [2.24, 2.45) is 0 Å². The average Bonchev–Trinajstić information content (AvgIpc) is 2.89. The molecule has 0 radical (unpaired) electrons. The van der Waals surface area contributed by atoms with E-state index in [1.54, 1.807) is 12.1 Å². The zero-order valence-electron chi connectivity index (χ0n) is 12.5. The largest absolute Gasteiger partial charge is 0.482 e. The molecule has 2 aromatic carbocycles. The van der Waals surface area contributed by atoms with Crippen molar-refractivity contribution in [1.29, 1.82) is 0 Å². The zero-order chi connectivity index (χ0) is 16.2. The molecule has 2 aromatic rings. The van der Waals surface area contributed by atoms with Crippen LogP contribution in [0.4, 0.5) is 5.69 Å². The van der Waals surface area contributed by atoms with Crippen molar-refractivity contribution >= 4 is 29.2 Å². The molecule has 1 aliphatic rings. The first-order chi connectivity index (χ1) is 11.2. The van der Waals surface area contributed by atoms with E-state index < -0.39 is 5.97 Å². The second-order valence-electron chi connectivity index (χ2n) is 4.99. The predicted molar refractivity (Wildman–Crippen MR) is 86.9 cm³/mol. The van der Waals surface area contributed by atoms with Gasteiger partial charge in [-0.25, -0.2) is 4.79 Å². The number of nitrogens with one attached hydrogen (secondary N) is 1. The van der Waals surface area contributed by atoms with Crippen LogP contribution in [0.1, 0.15) is 11.1 Å². The SMILES string of the molecule is COC(=O)COc1ccc(/C=C2\C(=O)Nc3ccccc32)cc1. The minimum atomic E-state index is -0.435. The van der Waals surface area contributed by atoms with Crippen molar-refractivity contribution in [3.63, 3.8) is 0 Å². The molecule has 116 valence electrons. The van der Waals surface area contributed by atoms with Gasteiger partial charge in [0.1, 0.15) is 5.75 Å². The highest BCUT2D eigenvalue weighted by molar-refractivity contribution is 6.34. The standard InChI is InChI=1S/C18H15NO4/c1-22-17(20)11-23-13-8-6-12(7-9-13)10-15-14-4-2-3-5-16(14)19-18(15)21/h2-10H,11H2,1H3,(H,19,21)/b15-10-. The molecule has 1 aliphatic heterocycles. The van der Waals surface area contributed by atoms with Crippen molar-refractivity contribution < 1.29 is 19.1 Å². The van der Waals surface area contributed by atoms with E-state index >= 15 is 0 Å². The van der Waals surface area contributed by atoms with Crippen LogP contribution in [-0.2, 0) is 14.3 Å². The number of rotatable bonds is 4. The maximum Gasteiger partial charge on any atom is 0.343 e. The van der Waals surface area contributed by atoms with Crippen LogP contribution in [0.5, 0.6) is 5.75 Å². The number of anilines is 1. The molecule has 0 unspecified atom stereocenters. The summed E-state index contributed by atoms with van der Waals surface area (Å²) in [5.41, 5.74) is 3.21. The first-order valence-electron chi connectivity index (χ1n) is 7.09. The van der Waals surface area contributed by atoms with Crippen molar-refractivity contribution in [2.45, 2.75) is 0 Å². The fourth-order valence-corrected chi connectivity index (χ4v) is 2.31. The highest BCUT2D eigenvalue weighted by Gasteiger charge is 2.23. The van der Waals surface area contributed by atoms with Gasteiger partial charge in [0.15, 0.2) is 6.61 Å². The van der Waals surface area contributed by atoms with Gasteiger partial charge in [-0.05, 0) is 29.8 Å². The summed E-state index contributed by atoms with van der Waals surface area (Å²) in [5, 5.41) is 2.84. The molecular weight excluding hydrogens is 294 g/mol. The molecule has 0 aliphatic carbocycles. The van der Waals surface area contributed by atoms with E-state index in [4.69, 9.17) is 4.74 Å². The summed E-state index contributed by atoms with van der Waals surface area (Å²) in [6.07, 6.45) is 1.82. The average molecular weight is 309 g/mol. The fraction of sp³-hybridized carbons (Fsp3) is 0.111. The number of para-hydroxylation sites is 1. The highest BCUT2D eigenvalue weighted by Crippen LogP contribution is 2.32. The van der Waals surface area contributed by atoms with Crippen molar-refractivity contribution in [3.8, 4) is 5.75 Å². The molecule has 0 saturated heterocycles. The van der Waals surface area contributed by atoms with Crippen molar-refractivity contribution in [3.05, 3.63) is 59.7 Å². The Kier molecular flexibility index (Phi) is 4.10. The van der Waals surface area contributed by atoms with Crippen LogP contribution >= 0.6 is 0 Å². The number of fused-ring (bicyclic) bond motifs is 1. The number of hydrogen-bond donors (Lipinski definition) is 1. The first kappa shape index (κ1) is 14.8. The third-order valence-corrected chi connectivity index (χ3v) is 3.49. The third-order valence-electron chi connectivity index (χ3n) is 3.49. The van der Waals surface area contributed by atoms with Crippen LogP contribution in [-0.4, -0.2) is 25.6 Å². The van der Waals surface area contributed by atoms with Crippen LogP contribution < -0.4 is 10.1 Å². The minimum absolute atomic E-state index is 0.114. The maximum atomic E-state index is 12.1. The lowest BCUT2D eigenvalue weighted by Gasteiger charge is -2.05. The summed E-state index contributed by atoms with van der Waals surface area (Å²) < 4.78 is 9.80. The van der Waals surface area contributed by atoms with E-state index in [-0.39, 0.29) is 12.5 Å². The Balaban J connectivity index is 1.78. The normalized spacial score (nSPS) is 14.3. The van der Waals surface area contributed by atoms with Crippen LogP contribution in [0.2, 0.25) is 0 Å².